The molecule has 0 saturated heterocycles. The first-order chi connectivity index (χ1) is 8.95. The van der Waals surface area contributed by atoms with Gasteiger partial charge in [-0.1, -0.05) is 26.0 Å². The molecule has 0 aromatic heterocycles. The first kappa shape index (κ1) is 18.4. The molecule has 5 nitrogen and oxygen atoms in total. The van der Waals surface area contributed by atoms with E-state index in [1.807, 2.05) is 26.0 Å². The number of carbonyl (C=O) groups is 2. The van der Waals surface area contributed by atoms with Gasteiger partial charge in [0.1, 0.15) is 0 Å². The predicted molar refractivity (Wildman–Crippen MR) is 81.7 cm³/mol. The minimum Gasteiger partial charge on any atom is -0.355 e. The molecule has 1 aromatic rings. The van der Waals surface area contributed by atoms with E-state index in [1.165, 1.54) is 0 Å². The summed E-state index contributed by atoms with van der Waals surface area (Å²) in [5, 5.41) is 5.33. The van der Waals surface area contributed by atoms with Crippen LogP contribution < -0.4 is 16.4 Å². The maximum absolute atomic E-state index is 11.7. The summed E-state index contributed by atoms with van der Waals surface area (Å²) in [4.78, 5) is 23.0. The molecular formula is C14H22ClN3O2. The van der Waals surface area contributed by atoms with Crippen molar-refractivity contribution in [2.45, 2.75) is 26.4 Å². The lowest BCUT2D eigenvalue weighted by atomic mass is 10.0. The second kappa shape index (κ2) is 8.55. The number of carbonyl (C=O) groups excluding carboxylic acids is 2. The summed E-state index contributed by atoms with van der Waals surface area (Å²) in [6, 6.07) is 6.58. The Balaban J connectivity index is 0.00000361. The number of halogens is 1. The second-order valence-corrected chi connectivity index (χ2v) is 4.76. The van der Waals surface area contributed by atoms with Crippen LogP contribution in [0, 0.1) is 5.92 Å². The Kier molecular flexibility index (Phi) is 7.87. The normalized spacial score (nSPS) is 11.4. The third-order valence-corrected chi connectivity index (χ3v) is 2.93. The fourth-order valence-electron chi connectivity index (χ4n) is 1.53. The smallest absolute Gasteiger partial charge is 0.251 e. The van der Waals surface area contributed by atoms with Crippen molar-refractivity contribution in [1.29, 1.82) is 0 Å². The summed E-state index contributed by atoms with van der Waals surface area (Å²) in [5.74, 6) is -0.182. The molecule has 0 fully saturated rings. The van der Waals surface area contributed by atoms with Crippen molar-refractivity contribution in [3.05, 3.63) is 35.4 Å². The lowest BCUT2D eigenvalue weighted by molar-refractivity contribution is -0.123. The zero-order chi connectivity index (χ0) is 14.4. The van der Waals surface area contributed by atoms with Gasteiger partial charge in [0.25, 0.3) is 5.91 Å². The summed E-state index contributed by atoms with van der Waals surface area (Å²) >= 11 is 0. The molecule has 0 aliphatic rings. The number of nitrogens with one attached hydrogen (secondary N) is 2. The number of benzene rings is 1. The third-order valence-electron chi connectivity index (χ3n) is 2.93. The van der Waals surface area contributed by atoms with Gasteiger partial charge in [-0.25, -0.2) is 0 Å². The molecule has 0 saturated carbocycles. The fourth-order valence-corrected chi connectivity index (χ4v) is 1.53. The molecule has 4 N–H and O–H groups in total. The van der Waals surface area contributed by atoms with Gasteiger partial charge in [0.05, 0.1) is 6.04 Å². The lowest BCUT2D eigenvalue weighted by Gasteiger charge is -2.15. The molecule has 1 aromatic carbocycles. The van der Waals surface area contributed by atoms with Crippen molar-refractivity contribution in [3.63, 3.8) is 0 Å². The molecule has 6 heteroatoms. The molecule has 2 amide bonds. The topological polar surface area (TPSA) is 84.2 Å². The standard InChI is InChI=1S/C14H21N3O2.ClH/c1-9(2)12(15)14(19)17-8-10-4-6-11(7-5-10)13(18)16-3;/h4-7,9,12H,8,15H2,1-3H3,(H,16,18)(H,17,19);1H/t12-;/m0./s1. The number of hydrogen-bond donors (Lipinski definition) is 3. The van der Waals surface area contributed by atoms with Crippen molar-refractivity contribution in [3.8, 4) is 0 Å². The van der Waals surface area contributed by atoms with Crippen LogP contribution in [0.4, 0.5) is 0 Å². The SMILES string of the molecule is CNC(=O)c1ccc(CNC(=O)[C@@H](N)C(C)C)cc1.Cl. The van der Waals surface area contributed by atoms with Crippen molar-refractivity contribution in [2.24, 2.45) is 11.7 Å². The molecule has 20 heavy (non-hydrogen) atoms. The molecule has 0 aliphatic carbocycles. The Morgan fingerprint density at radius 2 is 1.75 bits per heavy atom. The molecule has 0 unspecified atom stereocenters. The van der Waals surface area contributed by atoms with Gasteiger partial charge in [-0.2, -0.15) is 0 Å². The van der Waals surface area contributed by atoms with E-state index < -0.39 is 6.04 Å². The van der Waals surface area contributed by atoms with Crippen LogP contribution in [-0.2, 0) is 11.3 Å². The largest absolute Gasteiger partial charge is 0.355 e. The Morgan fingerprint density at radius 1 is 1.20 bits per heavy atom. The van der Waals surface area contributed by atoms with E-state index in [1.54, 1.807) is 19.2 Å². The van der Waals surface area contributed by atoms with Crippen LogP contribution in [0.2, 0.25) is 0 Å². The summed E-state index contributed by atoms with van der Waals surface area (Å²) in [5.41, 5.74) is 7.26. The minimum absolute atomic E-state index is 0. The molecule has 0 radical (unpaired) electrons. The summed E-state index contributed by atoms with van der Waals surface area (Å²) in [6.07, 6.45) is 0. The molecule has 0 aliphatic heterocycles. The average molecular weight is 300 g/mol. The first-order valence-electron chi connectivity index (χ1n) is 6.30. The van der Waals surface area contributed by atoms with Gasteiger partial charge in [-0.05, 0) is 23.6 Å². The van der Waals surface area contributed by atoms with E-state index >= 15 is 0 Å². The first-order valence-corrected chi connectivity index (χ1v) is 6.30. The van der Waals surface area contributed by atoms with Crippen LogP contribution in [0.25, 0.3) is 0 Å². The third kappa shape index (κ3) is 5.19. The molecule has 0 heterocycles. The van der Waals surface area contributed by atoms with E-state index in [9.17, 15) is 9.59 Å². The van der Waals surface area contributed by atoms with Gasteiger partial charge >= 0.3 is 0 Å². The van der Waals surface area contributed by atoms with E-state index in [0.29, 0.717) is 12.1 Å². The Bertz CT molecular complexity index is 446. The van der Waals surface area contributed by atoms with Gasteiger partial charge in [0, 0.05) is 19.2 Å². The Morgan fingerprint density at radius 3 is 2.20 bits per heavy atom. The minimum atomic E-state index is -0.495. The molecular weight excluding hydrogens is 278 g/mol. The van der Waals surface area contributed by atoms with Crippen molar-refractivity contribution < 1.29 is 9.59 Å². The lowest BCUT2D eigenvalue weighted by Crippen LogP contribution is -2.43. The van der Waals surface area contributed by atoms with Crippen molar-refractivity contribution >= 4 is 24.2 Å². The monoisotopic (exact) mass is 299 g/mol. The molecule has 1 rings (SSSR count). The highest BCUT2D eigenvalue weighted by molar-refractivity contribution is 5.93. The fraction of sp³-hybridized carbons (Fsp3) is 0.429. The van der Waals surface area contributed by atoms with Gasteiger partial charge in [-0.3, -0.25) is 9.59 Å². The van der Waals surface area contributed by atoms with Crippen LogP contribution in [0.5, 0.6) is 0 Å². The van der Waals surface area contributed by atoms with Crippen molar-refractivity contribution in [2.75, 3.05) is 7.05 Å². The highest BCUT2D eigenvalue weighted by atomic mass is 35.5. The number of amides is 2. The summed E-state index contributed by atoms with van der Waals surface area (Å²) < 4.78 is 0. The Hall–Kier alpha value is -1.59. The van der Waals surface area contributed by atoms with Crippen molar-refractivity contribution in [1.82, 2.24) is 10.6 Å². The van der Waals surface area contributed by atoms with Gasteiger partial charge < -0.3 is 16.4 Å². The maximum Gasteiger partial charge on any atom is 0.251 e. The van der Waals surface area contributed by atoms with Crippen LogP contribution in [-0.4, -0.2) is 24.9 Å². The highest BCUT2D eigenvalue weighted by Crippen LogP contribution is 2.05. The van der Waals surface area contributed by atoms with Crippen LogP contribution >= 0.6 is 12.4 Å². The second-order valence-electron chi connectivity index (χ2n) is 4.76. The van der Waals surface area contributed by atoms with E-state index in [0.717, 1.165) is 5.56 Å². The number of hydrogen-bond acceptors (Lipinski definition) is 3. The van der Waals surface area contributed by atoms with E-state index in [-0.39, 0.29) is 30.1 Å². The van der Waals surface area contributed by atoms with Crippen LogP contribution in [0.1, 0.15) is 29.8 Å². The molecule has 1 atom stereocenters. The van der Waals surface area contributed by atoms with Gasteiger partial charge in [-0.15, -0.1) is 12.4 Å². The molecule has 0 spiro atoms. The summed E-state index contributed by atoms with van der Waals surface area (Å²) in [7, 11) is 1.59. The molecule has 112 valence electrons. The van der Waals surface area contributed by atoms with Crippen LogP contribution in [0.3, 0.4) is 0 Å². The number of nitrogens with two attached hydrogens (primary N) is 1. The summed E-state index contributed by atoms with van der Waals surface area (Å²) in [6.45, 7) is 4.22. The quantitative estimate of drug-likeness (QED) is 0.760. The Labute approximate surface area is 125 Å². The number of rotatable bonds is 5. The van der Waals surface area contributed by atoms with Crippen LogP contribution in [0.15, 0.2) is 24.3 Å². The van der Waals surface area contributed by atoms with Gasteiger partial charge in [0.15, 0.2) is 0 Å². The predicted octanol–water partition coefficient (Wildman–Crippen LogP) is 1.07. The van der Waals surface area contributed by atoms with E-state index in [4.69, 9.17) is 5.73 Å². The zero-order valence-electron chi connectivity index (χ0n) is 12.0. The zero-order valence-corrected chi connectivity index (χ0v) is 12.8. The van der Waals surface area contributed by atoms with E-state index in [2.05, 4.69) is 10.6 Å². The molecule has 0 bridgehead atoms. The maximum atomic E-state index is 11.7. The van der Waals surface area contributed by atoms with Gasteiger partial charge in [0.2, 0.25) is 5.91 Å². The average Bonchev–Trinajstić information content (AvgIpc) is 2.43. The highest BCUT2D eigenvalue weighted by Gasteiger charge is 2.16.